The van der Waals surface area contributed by atoms with Gasteiger partial charge < -0.3 is 10.2 Å². The number of carbonyl (C=O) groups is 1. The van der Waals surface area contributed by atoms with Crippen molar-refractivity contribution in [3.8, 4) is 0 Å². The van der Waals surface area contributed by atoms with Gasteiger partial charge in [0.2, 0.25) is 0 Å². The molecule has 1 fully saturated rings. The molecule has 0 radical (unpaired) electrons. The summed E-state index contributed by atoms with van der Waals surface area (Å²) in [5.74, 6) is 0.427. The third kappa shape index (κ3) is 4.18. The fourth-order valence-corrected chi connectivity index (χ4v) is 4.50. The molecule has 25 heavy (non-hydrogen) atoms. The van der Waals surface area contributed by atoms with Gasteiger partial charge in [-0.05, 0) is 50.8 Å². The minimum atomic E-state index is 0.0396. The van der Waals surface area contributed by atoms with Crippen LogP contribution in [-0.4, -0.2) is 34.0 Å². The molecule has 2 amide bonds. The number of aryl methyl sites for hydroxylation is 2. The van der Waals surface area contributed by atoms with Gasteiger partial charge in [-0.15, -0.1) is 11.3 Å². The van der Waals surface area contributed by atoms with Crippen LogP contribution in [0.2, 0.25) is 0 Å². The average Bonchev–Trinajstić information content (AvgIpc) is 3.03. The van der Waals surface area contributed by atoms with Crippen LogP contribution in [0.1, 0.15) is 59.7 Å². The van der Waals surface area contributed by atoms with Gasteiger partial charge in [0.25, 0.3) is 0 Å². The molecule has 3 heterocycles. The lowest BCUT2D eigenvalue weighted by molar-refractivity contribution is 0.178. The Balaban J connectivity index is 1.54. The summed E-state index contributed by atoms with van der Waals surface area (Å²) < 4.78 is 0. The maximum Gasteiger partial charge on any atom is 0.317 e. The number of likely N-dealkylation sites (tertiary alicyclic amines) is 1. The van der Waals surface area contributed by atoms with E-state index in [2.05, 4.69) is 42.1 Å². The lowest BCUT2D eigenvalue weighted by Gasteiger charge is -2.32. The molecular weight excluding hydrogens is 332 g/mol. The van der Waals surface area contributed by atoms with Gasteiger partial charge in [-0.1, -0.05) is 6.92 Å². The normalized spacial score (nSPS) is 16.7. The molecule has 0 bridgehead atoms. The standard InChI is InChI=1S/C19H26N4OS/c1-4-17-13(2)11-18(25-17)14(3)22-19(24)23-9-6-15(7-10-23)16-5-8-20-12-21-16/h5,8,11-12,14-15H,4,6-7,9-10H2,1-3H3,(H,22,24). The summed E-state index contributed by atoms with van der Waals surface area (Å²) in [6.07, 6.45) is 6.35. The van der Waals surface area contributed by atoms with Gasteiger partial charge in [0, 0.05) is 40.7 Å². The van der Waals surface area contributed by atoms with E-state index < -0.39 is 0 Å². The SMILES string of the molecule is CCc1sc(C(C)NC(=O)N2CCC(c3ccncn3)CC2)cc1C. The second-order valence-electron chi connectivity index (χ2n) is 6.68. The highest BCUT2D eigenvalue weighted by Crippen LogP contribution is 2.29. The summed E-state index contributed by atoms with van der Waals surface area (Å²) in [6, 6.07) is 4.27. The molecule has 1 saturated heterocycles. The largest absolute Gasteiger partial charge is 0.331 e. The Morgan fingerprint density at radius 2 is 2.20 bits per heavy atom. The smallest absolute Gasteiger partial charge is 0.317 e. The fourth-order valence-electron chi connectivity index (χ4n) is 3.38. The van der Waals surface area contributed by atoms with Crippen molar-refractivity contribution in [2.45, 2.75) is 52.0 Å². The molecule has 2 aromatic heterocycles. The van der Waals surface area contributed by atoms with Crippen molar-refractivity contribution in [3.63, 3.8) is 0 Å². The van der Waals surface area contributed by atoms with E-state index in [4.69, 9.17) is 0 Å². The monoisotopic (exact) mass is 358 g/mol. The van der Waals surface area contributed by atoms with E-state index >= 15 is 0 Å². The van der Waals surface area contributed by atoms with Crippen molar-refractivity contribution >= 4 is 17.4 Å². The number of nitrogens with zero attached hydrogens (tertiary/aromatic N) is 3. The van der Waals surface area contributed by atoms with Crippen LogP contribution in [-0.2, 0) is 6.42 Å². The average molecular weight is 359 g/mol. The van der Waals surface area contributed by atoms with Crippen LogP contribution in [0.4, 0.5) is 4.79 Å². The number of aromatic nitrogens is 2. The first-order chi connectivity index (χ1) is 12.1. The molecule has 3 rings (SSSR count). The van der Waals surface area contributed by atoms with Crippen LogP contribution in [0.3, 0.4) is 0 Å². The summed E-state index contributed by atoms with van der Waals surface area (Å²) in [5.41, 5.74) is 2.42. The molecule has 0 aromatic carbocycles. The lowest BCUT2D eigenvalue weighted by atomic mass is 9.93. The van der Waals surface area contributed by atoms with E-state index in [-0.39, 0.29) is 12.1 Å². The van der Waals surface area contributed by atoms with E-state index in [1.165, 1.54) is 15.3 Å². The highest BCUT2D eigenvalue weighted by molar-refractivity contribution is 7.12. The second kappa shape index (κ2) is 7.95. The zero-order chi connectivity index (χ0) is 17.8. The number of carbonyl (C=O) groups excluding carboxylic acids is 1. The second-order valence-corrected chi connectivity index (χ2v) is 7.84. The number of thiophene rings is 1. The van der Waals surface area contributed by atoms with Gasteiger partial charge in [-0.25, -0.2) is 14.8 Å². The summed E-state index contributed by atoms with van der Waals surface area (Å²) >= 11 is 1.81. The first-order valence-electron chi connectivity index (χ1n) is 8.99. The molecule has 0 spiro atoms. The van der Waals surface area contributed by atoms with Crippen molar-refractivity contribution in [1.29, 1.82) is 0 Å². The summed E-state index contributed by atoms with van der Waals surface area (Å²) in [5, 5.41) is 3.16. The highest BCUT2D eigenvalue weighted by Gasteiger charge is 2.25. The van der Waals surface area contributed by atoms with Gasteiger partial charge in [0.15, 0.2) is 0 Å². The Labute approximate surface area is 153 Å². The first-order valence-corrected chi connectivity index (χ1v) is 9.80. The summed E-state index contributed by atoms with van der Waals surface area (Å²) in [7, 11) is 0. The molecule has 1 atom stereocenters. The number of nitrogens with one attached hydrogen (secondary N) is 1. The predicted molar refractivity (Wildman–Crippen MR) is 101 cm³/mol. The number of amides is 2. The number of hydrogen-bond acceptors (Lipinski definition) is 4. The third-order valence-corrected chi connectivity index (χ3v) is 6.50. The number of rotatable bonds is 4. The highest BCUT2D eigenvalue weighted by atomic mass is 32.1. The molecule has 134 valence electrons. The Kier molecular flexibility index (Phi) is 5.68. The molecule has 0 aliphatic carbocycles. The molecule has 0 saturated carbocycles. The Morgan fingerprint density at radius 3 is 2.80 bits per heavy atom. The van der Waals surface area contributed by atoms with Crippen LogP contribution in [0, 0.1) is 6.92 Å². The molecule has 1 aliphatic rings. The number of urea groups is 1. The van der Waals surface area contributed by atoms with Crippen LogP contribution >= 0.6 is 11.3 Å². The maximum atomic E-state index is 12.6. The molecule has 1 aliphatic heterocycles. The van der Waals surface area contributed by atoms with Gasteiger partial charge >= 0.3 is 6.03 Å². The molecular formula is C19H26N4OS. The van der Waals surface area contributed by atoms with Crippen LogP contribution in [0.5, 0.6) is 0 Å². The predicted octanol–water partition coefficient (Wildman–Crippen LogP) is 4.06. The fraction of sp³-hybridized carbons (Fsp3) is 0.526. The van der Waals surface area contributed by atoms with Gasteiger partial charge in [-0.3, -0.25) is 0 Å². The van der Waals surface area contributed by atoms with Gasteiger partial charge in [0.05, 0.1) is 6.04 Å². The maximum absolute atomic E-state index is 12.6. The zero-order valence-electron chi connectivity index (χ0n) is 15.2. The molecule has 1 N–H and O–H groups in total. The minimum absolute atomic E-state index is 0.0396. The van der Waals surface area contributed by atoms with Crippen LogP contribution in [0.25, 0.3) is 0 Å². The summed E-state index contributed by atoms with van der Waals surface area (Å²) in [4.78, 5) is 25.5. The van der Waals surface area contributed by atoms with E-state index in [1.807, 2.05) is 11.0 Å². The number of piperidine rings is 1. The van der Waals surface area contributed by atoms with Gasteiger partial charge in [0.1, 0.15) is 6.33 Å². The first kappa shape index (κ1) is 17.9. The van der Waals surface area contributed by atoms with Crippen molar-refractivity contribution < 1.29 is 4.79 Å². The quantitative estimate of drug-likeness (QED) is 0.897. The van der Waals surface area contributed by atoms with Crippen molar-refractivity contribution in [2.24, 2.45) is 0 Å². The zero-order valence-corrected chi connectivity index (χ0v) is 16.0. The van der Waals surface area contributed by atoms with Crippen LogP contribution in [0.15, 0.2) is 24.7 Å². The topological polar surface area (TPSA) is 58.1 Å². The number of hydrogen-bond donors (Lipinski definition) is 1. The van der Waals surface area contributed by atoms with E-state index in [1.54, 1.807) is 23.9 Å². The van der Waals surface area contributed by atoms with Crippen molar-refractivity contribution in [3.05, 3.63) is 45.7 Å². The van der Waals surface area contributed by atoms with E-state index in [0.717, 1.165) is 38.0 Å². The summed E-state index contributed by atoms with van der Waals surface area (Å²) in [6.45, 7) is 7.93. The van der Waals surface area contributed by atoms with Crippen molar-refractivity contribution in [2.75, 3.05) is 13.1 Å². The molecule has 6 heteroatoms. The lowest BCUT2D eigenvalue weighted by Crippen LogP contribution is -2.44. The molecule has 5 nitrogen and oxygen atoms in total. The van der Waals surface area contributed by atoms with E-state index in [9.17, 15) is 4.79 Å². The van der Waals surface area contributed by atoms with Crippen LogP contribution < -0.4 is 5.32 Å². The minimum Gasteiger partial charge on any atom is -0.331 e. The molecule has 2 aromatic rings. The third-order valence-electron chi connectivity index (χ3n) is 4.93. The Hall–Kier alpha value is -1.95. The Morgan fingerprint density at radius 1 is 1.44 bits per heavy atom. The molecule has 1 unspecified atom stereocenters. The van der Waals surface area contributed by atoms with Crippen molar-refractivity contribution in [1.82, 2.24) is 20.2 Å². The Bertz CT molecular complexity index is 707. The van der Waals surface area contributed by atoms with Gasteiger partial charge in [-0.2, -0.15) is 0 Å². The van der Waals surface area contributed by atoms with E-state index in [0.29, 0.717) is 5.92 Å².